The SMILES string of the molecule is O=C(C1CCCCN1Cc1ccccc1)N1CCCNCC1. The Kier molecular flexibility index (Phi) is 5.46. The largest absolute Gasteiger partial charge is 0.340 e. The predicted molar refractivity (Wildman–Crippen MR) is 88.6 cm³/mol. The van der Waals surface area contributed by atoms with Gasteiger partial charge in [-0.1, -0.05) is 36.8 Å². The van der Waals surface area contributed by atoms with Gasteiger partial charge in [-0.05, 0) is 37.9 Å². The topological polar surface area (TPSA) is 35.6 Å². The van der Waals surface area contributed by atoms with Crippen LogP contribution in [0.5, 0.6) is 0 Å². The predicted octanol–water partition coefficient (Wildman–Crippen LogP) is 1.86. The van der Waals surface area contributed by atoms with Crippen molar-refractivity contribution in [3.8, 4) is 0 Å². The lowest BCUT2D eigenvalue weighted by molar-refractivity contribution is -0.138. The number of amides is 1. The summed E-state index contributed by atoms with van der Waals surface area (Å²) < 4.78 is 0. The van der Waals surface area contributed by atoms with Crippen LogP contribution in [0.4, 0.5) is 0 Å². The van der Waals surface area contributed by atoms with Crippen molar-refractivity contribution in [2.45, 2.75) is 38.3 Å². The van der Waals surface area contributed by atoms with E-state index in [1.54, 1.807) is 0 Å². The Morgan fingerprint density at radius 3 is 2.77 bits per heavy atom. The molecule has 2 saturated heterocycles. The van der Waals surface area contributed by atoms with Crippen molar-refractivity contribution in [2.75, 3.05) is 32.7 Å². The fourth-order valence-corrected chi connectivity index (χ4v) is 3.55. The molecule has 4 nitrogen and oxygen atoms in total. The molecule has 2 aliphatic heterocycles. The molecule has 4 heteroatoms. The van der Waals surface area contributed by atoms with Crippen molar-refractivity contribution in [3.63, 3.8) is 0 Å². The number of hydrogen-bond donors (Lipinski definition) is 1. The van der Waals surface area contributed by atoms with Crippen molar-refractivity contribution < 1.29 is 4.79 Å². The molecule has 0 bridgehead atoms. The molecule has 1 N–H and O–H groups in total. The van der Waals surface area contributed by atoms with Gasteiger partial charge in [-0.2, -0.15) is 0 Å². The molecule has 120 valence electrons. The van der Waals surface area contributed by atoms with E-state index in [4.69, 9.17) is 0 Å². The maximum absolute atomic E-state index is 13.0. The highest BCUT2D eigenvalue weighted by Crippen LogP contribution is 2.21. The first-order chi connectivity index (χ1) is 10.8. The normalized spacial score (nSPS) is 24.0. The van der Waals surface area contributed by atoms with E-state index in [2.05, 4.69) is 39.4 Å². The molecule has 3 rings (SSSR count). The van der Waals surface area contributed by atoms with E-state index in [-0.39, 0.29) is 6.04 Å². The van der Waals surface area contributed by atoms with Crippen molar-refractivity contribution in [1.82, 2.24) is 15.1 Å². The molecule has 1 aromatic carbocycles. The van der Waals surface area contributed by atoms with Crippen molar-refractivity contribution in [3.05, 3.63) is 35.9 Å². The first-order valence-corrected chi connectivity index (χ1v) is 8.62. The molecule has 2 aliphatic rings. The van der Waals surface area contributed by atoms with E-state index >= 15 is 0 Å². The molecule has 1 atom stereocenters. The van der Waals surface area contributed by atoms with Crippen molar-refractivity contribution >= 4 is 5.91 Å². The number of nitrogens with one attached hydrogen (secondary N) is 1. The minimum absolute atomic E-state index is 0.0760. The molecule has 0 aromatic heterocycles. The minimum Gasteiger partial charge on any atom is -0.340 e. The quantitative estimate of drug-likeness (QED) is 0.926. The van der Waals surface area contributed by atoms with Crippen LogP contribution in [-0.4, -0.2) is 54.5 Å². The Labute approximate surface area is 133 Å². The third-order valence-corrected chi connectivity index (χ3v) is 4.78. The summed E-state index contributed by atoms with van der Waals surface area (Å²) in [5.41, 5.74) is 1.31. The number of piperidine rings is 1. The van der Waals surface area contributed by atoms with Gasteiger partial charge in [-0.25, -0.2) is 0 Å². The van der Waals surface area contributed by atoms with Crippen molar-refractivity contribution in [2.24, 2.45) is 0 Å². The van der Waals surface area contributed by atoms with Crippen LogP contribution in [-0.2, 0) is 11.3 Å². The fraction of sp³-hybridized carbons (Fsp3) is 0.611. The Balaban J connectivity index is 1.67. The third-order valence-electron chi connectivity index (χ3n) is 4.78. The van der Waals surface area contributed by atoms with Crippen molar-refractivity contribution in [1.29, 1.82) is 0 Å². The summed E-state index contributed by atoms with van der Waals surface area (Å²) in [7, 11) is 0. The Morgan fingerprint density at radius 2 is 1.91 bits per heavy atom. The Morgan fingerprint density at radius 1 is 1.05 bits per heavy atom. The summed E-state index contributed by atoms with van der Waals surface area (Å²) >= 11 is 0. The van der Waals surface area contributed by atoms with Gasteiger partial charge in [-0.3, -0.25) is 9.69 Å². The summed E-state index contributed by atoms with van der Waals surface area (Å²) in [4.78, 5) is 17.4. The Hall–Kier alpha value is -1.39. The van der Waals surface area contributed by atoms with E-state index in [9.17, 15) is 4.79 Å². The molecule has 22 heavy (non-hydrogen) atoms. The standard InChI is InChI=1S/C18H27N3O/c22-18(20-13-6-10-19-11-14-20)17-9-4-5-12-21(17)15-16-7-2-1-3-8-16/h1-3,7-8,17,19H,4-6,9-15H2. The van der Waals surface area contributed by atoms with Crippen LogP contribution in [0.25, 0.3) is 0 Å². The van der Waals surface area contributed by atoms with Gasteiger partial charge < -0.3 is 10.2 Å². The highest BCUT2D eigenvalue weighted by atomic mass is 16.2. The summed E-state index contributed by atoms with van der Waals surface area (Å²) in [6.07, 6.45) is 4.46. The molecule has 0 spiro atoms. The zero-order valence-electron chi connectivity index (χ0n) is 13.3. The average Bonchev–Trinajstić information content (AvgIpc) is 2.85. The highest BCUT2D eigenvalue weighted by molar-refractivity contribution is 5.82. The molecule has 1 unspecified atom stereocenters. The van der Waals surface area contributed by atoms with E-state index in [1.165, 1.54) is 18.4 Å². The number of nitrogens with zero attached hydrogens (tertiary/aromatic N) is 2. The monoisotopic (exact) mass is 301 g/mol. The molecular weight excluding hydrogens is 274 g/mol. The van der Waals surface area contributed by atoms with Gasteiger partial charge in [0, 0.05) is 26.2 Å². The minimum atomic E-state index is 0.0760. The van der Waals surface area contributed by atoms with Crippen LogP contribution in [0.15, 0.2) is 30.3 Å². The molecule has 1 aromatic rings. The van der Waals surface area contributed by atoms with E-state index in [0.717, 1.165) is 52.1 Å². The summed E-state index contributed by atoms with van der Waals surface area (Å²) in [6.45, 7) is 5.65. The van der Waals surface area contributed by atoms with Crippen LogP contribution in [0.3, 0.4) is 0 Å². The molecule has 2 fully saturated rings. The van der Waals surface area contributed by atoms with Gasteiger partial charge in [-0.15, -0.1) is 0 Å². The number of likely N-dealkylation sites (tertiary alicyclic amines) is 1. The second-order valence-electron chi connectivity index (χ2n) is 6.40. The number of rotatable bonds is 3. The van der Waals surface area contributed by atoms with Crippen LogP contribution in [0.1, 0.15) is 31.2 Å². The van der Waals surface area contributed by atoms with Gasteiger partial charge in [0.2, 0.25) is 5.91 Å². The molecule has 0 radical (unpaired) electrons. The maximum atomic E-state index is 13.0. The van der Waals surface area contributed by atoms with Gasteiger partial charge in [0.1, 0.15) is 0 Å². The molecular formula is C18H27N3O. The molecule has 0 aliphatic carbocycles. The van der Waals surface area contributed by atoms with Gasteiger partial charge in [0.05, 0.1) is 6.04 Å². The molecule has 2 heterocycles. The Bertz CT molecular complexity index is 468. The zero-order valence-corrected chi connectivity index (χ0v) is 13.3. The van der Waals surface area contributed by atoms with E-state index in [1.807, 2.05) is 6.07 Å². The smallest absolute Gasteiger partial charge is 0.239 e. The lowest BCUT2D eigenvalue weighted by Crippen LogP contribution is -2.51. The zero-order chi connectivity index (χ0) is 15.2. The second kappa shape index (κ2) is 7.75. The number of carbonyl (C=O) groups excluding carboxylic acids is 1. The first-order valence-electron chi connectivity index (χ1n) is 8.62. The number of carbonyl (C=O) groups is 1. The number of hydrogen-bond acceptors (Lipinski definition) is 3. The third kappa shape index (κ3) is 3.87. The fourth-order valence-electron chi connectivity index (χ4n) is 3.55. The van der Waals surface area contributed by atoms with Crippen LogP contribution >= 0.6 is 0 Å². The van der Waals surface area contributed by atoms with E-state index in [0.29, 0.717) is 5.91 Å². The average molecular weight is 301 g/mol. The summed E-state index contributed by atoms with van der Waals surface area (Å²) in [5, 5.41) is 3.38. The highest BCUT2D eigenvalue weighted by Gasteiger charge is 2.31. The maximum Gasteiger partial charge on any atom is 0.239 e. The van der Waals surface area contributed by atoms with E-state index < -0.39 is 0 Å². The molecule has 1 amide bonds. The molecule has 0 saturated carbocycles. The summed E-state index contributed by atoms with van der Waals surface area (Å²) in [6, 6.07) is 10.6. The summed E-state index contributed by atoms with van der Waals surface area (Å²) in [5.74, 6) is 0.347. The van der Waals surface area contributed by atoms with Crippen LogP contribution in [0.2, 0.25) is 0 Å². The van der Waals surface area contributed by atoms with Crippen LogP contribution in [0, 0.1) is 0 Å². The lowest BCUT2D eigenvalue weighted by Gasteiger charge is -2.37. The van der Waals surface area contributed by atoms with Gasteiger partial charge in [0.25, 0.3) is 0 Å². The van der Waals surface area contributed by atoms with Gasteiger partial charge >= 0.3 is 0 Å². The number of benzene rings is 1. The van der Waals surface area contributed by atoms with Crippen LogP contribution < -0.4 is 5.32 Å². The first kappa shape index (κ1) is 15.5. The second-order valence-corrected chi connectivity index (χ2v) is 6.40. The lowest BCUT2D eigenvalue weighted by atomic mass is 9.99. The van der Waals surface area contributed by atoms with Gasteiger partial charge in [0.15, 0.2) is 0 Å².